The number of likely N-dealkylation sites (N-methyl/N-ethyl adjacent to an activating group) is 1. The van der Waals surface area contributed by atoms with E-state index in [9.17, 15) is 22.4 Å². The van der Waals surface area contributed by atoms with Crippen LogP contribution in [0.1, 0.15) is 30.5 Å². The molecule has 7 nitrogen and oxygen atoms in total. The summed E-state index contributed by atoms with van der Waals surface area (Å²) in [4.78, 5) is 27.8. The number of carbonyl (C=O) groups is 2. The lowest BCUT2D eigenvalue weighted by Gasteiger charge is -2.32. The fraction of sp³-hybridized carbons (Fsp3) is 0.286. The summed E-state index contributed by atoms with van der Waals surface area (Å²) in [5.74, 6) is -1.42. The lowest BCUT2D eigenvalue weighted by molar-refractivity contribution is -0.139. The van der Waals surface area contributed by atoms with Gasteiger partial charge in [-0.25, -0.2) is 12.8 Å². The molecule has 3 aromatic carbocycles. The maximum absolute atomic E-state index is 13.8. The van der Waals surface area contributed by atoms with Gasteiger partial charge in [0.2, 0.25) is 11.8 Å². The quantitative estimate of drug-likeness (QED) is 0.385. The Kier molecular flexibility index (Phi) is 9.51. The van der Waals surface area contributed by atoms with Gasteiger partial charge in [0.25, 0.3) is 10.0 Å². The molecule has 1 unspecified atom stereocenters. The van der Waals surface area contributed by atoms with Crippen molar-refractivity contribution in [2.75, 3.05) is 17.4 Å². The third kappa shape index (κ3) is 6.90. The van der Waals surface area contributed by atoms with Crippen molar-refractivity contribution in [1.29, 1.82) is 0 Å². The van der Waals surface area contributed by atoms with E-state index in [-0.39, 0.29) is 17.1 Å². The molecule has 3 rings (SSSR count). The standard InChI is InChI=1S/C28H31ClFN3O4S/c1-5-31-28(35)21(4)32(17-22-8-11-24(30)12-9-22)27(34)18-33(26-15-10-23(29)16-20(26)3)38(36,37)25-13-6-19(2)7-14-25/h6-16,21H,5,17-18H2,1-4H3,(H,31,35). The zero-order valence-electron chi connectivity index (χ0n) is 21.7. The first kappa shape index (κ1) is 29.1. The van der Waals surface area contributed by atoms with E-state index in [0.29, 0.717) is 22.7 Å². The highest BCUT2D eigenvalue weighted by Crippen LogP contribution is 2.29. The van der Waals surface area contributed by atoms with E-state index in [1.807, 2.05) is 6.92 Å². The van der Waals surface area contributed by atoms with Crippen LogP contribution < -0.4 is 9.62 Å². The lowest BCUT2D eigenvalue weighted by Crippen LogP contribution is -2.51. The Balaban J connectivity index is 2.06. The fourth-order valence-corrected chi connectivity index (χ4v) is 5.65. The number of benzene rings is 3. The summed E-state index contributed by atoms with van der Waals surface area (Å²) in [6, 6.07) is 15.7. The topological polar surface area (TPSA) is 86.8 Å². The van der Waals surface area contributed by atoms with Crippen LogP contribution in [-0.4, -0.2) is 44.3 Å². The van der Waals surface area contributed by atoms with Crippen LogP contribution in [-0.2, 0) is 26.2 Å². The number of halogens is 2. The fourth-order valence-electron chi connectivity index (χ4n) is 3.94. The van der Waals surface area contributed by atoms with Crippen LogP contribution in [0.5, 0.6) is 0 Å². The zero-order chi connectivity index (χ0) is 28.0. The number of anilines is 1. The molecule has 0 aliphatic heterocycles. The highest BCUT2D eigenvalue weighted by atomic mass is 35.5. The molecule has 0 bridgehead atoms. The van der Waals surface area contributed by atoms with Crippen molar-refractivity contribution >= 4 is 39.1 Å². The van der Waals surface area contributed by atoms with Gasteiger partial charge in [-0.3, -0.25) is 13.9 Å². The van der Waals surface area contributed by atoms with Crippen LogP contribution >= 0.6 is 11.6 Å². The summed E-state index contributed by atoms with van der Waals surface area (Å²) in [7, 11) is -4.18. The van der Waals surface area contributed by atoms with Gasteiger partial charge in [-0.05, 0) is 81.3 Å². The van der Waals surface area contributed by atoms with E-state index >= 15 is 0 Å². The first-order valence-electron chi connectivity index (χ1n) is 12.1. The van der Waals surface area contributed by atoms with Gasteiger partial charge in [0.05, 0.1) is 10.6 Å². The maximum atomic E-state index is 13.8. The Morgan fingerprint density at radius 2 is 1.63 bits per heavy atom. The molecular weight excluding hydrogens is 529 g/mol. The van der Waals surface area contributed by atoms with Crippen molar-refractivity contribution in [3.63, 3.8) is 0 Å². The number of aryl methyl sites for hydroxylation is 2. The normalized spacial score (nSPS) is 12.1. The number of amides is 2. The molecule has 0 aliphatic rings. The molecule has 0 saturated carbocycles. The molecule has 1 N–H and O–H groups in total. The third-order valence-electron chi connectivity index (χ3n) is 6.10. The lowest BCUT2D eigenvalue weighted by atomic mass is 10.1. The molecule has 1 atom stereocenters. The monoisotopic (exact) mass is 559 g/mol. The summed E-state index contributed by atoms with van der Waals surface area (Å²) in [5.41, 5.74) is 2.32. The smallest absolute Gasteiger partial charge is 0.264 e. The molecule has 10 heteroatoms. The van der Waals surface area contributed by atoms with Crippen molar-refractivity contribution in [3.05, 3.63) is 94.3 Å². The number of carbonyl (C=O) groups excluding carboxylic acids is 2. The van der Waals surface area contributed by atoms with E-state index in [1.54, 1.807) is 51.1 Å². The zero-order valence-corrected chi connectivity index (χ0v) is 23.3. The molecule has 0 radical (unpaired) electrons. The second kappa shape index (κ2) is 12.4. The summed E-state index contributed by atoms with van der Waals surface area (Å²) in [6.07, 6.45) is 0. The maximum Gasteiger partial charge on any atom is 0.264 e. The van der Waals surface area contributed by atoms with Crippen LogP contribution in [0, 0.1) is 19.7 Å². The van der Waals surface area contributed by atoms with Crippen molar-refractivity contribution in [1.82, 2.24) is 10.2 Å². The summed E-state index contributed by atoms with van der Waals surface area (Å²) in [5, 5.41) is 3.12. The van der Waals surface area contributed by atoms with Crippen LogP contribution in [0.15, 0.2) is 71.6 Å². The molecule has 2 amide bonds. The van der Waals surface area contributed by atoms with E-state index in [2.05, 4.69) is 5.32 Å². The van der Waals surface area contributed by atoms with Crippen LogP contribution in [0.2, 0.25) is 5.02 Å². The van der Waals surface area contributed by atoms with Crippen LogP contribution in [0.3, 0.4) is 0 Å². The van der Waals surface area contributed by atoms with Gasteiger partial charge >= 0.3 is 0 Å². The molecule has 0 aliphatic carbocycles. The number of hydrogen-bond donors (Lipinski definition) is 1. The number of nitrogens with one attached hydrogen (secondary N) is 1. The number of hydrogen-bond acceptors (Lipinski definition) is 4. The van der Waals surface area contributed by atoms with Gasteiger partial charge in [0.15, 0.2) is 0 Å². The minimum atomic E-state index is -4.18. The molecule has 3 aromatic rings. The van der Waals surface area contributed by atoms with Gasteiger partial charge in [-0.2, -0.15) is 0 Å². The van der Waals surface area contributed by atoms with Gasteiger partial charge in [0, 0.05) is 18.1 Å². The molecule has 202 valence electrons. The van der Waals surface area contributed by atoms with Gasteiger partial charge in [0.1, 0.15) is 18.4 Å². The highest BCUT2D eigenvalue weighted by Gasteiger charge is 2.33. The first-order chi connectivity index (χ1) is 17.9. The minimum Gasteiger partial charge on any atom is -0.355 e. The summed E-state index contributed by atoms with van der Waals surface area (Å²) < 4.78 is 42.2. The van der Waals surface area contributed by atoms with E-state index in [1.165, 1.54) is 41.3 Å². The number of sulfonamides is 1. The molecule has 0 fully saturated rings. The minimum absolute atomic E-state index is 0.0184. The first-order valence-corrected chi connectivity index (χ1v) is 13.9. The Bertz CT molecular complexity index is 1400. The average molecular weight is 560 g/mol. The second-order valence-corrected chi connectivity index (χ2v) is 11.3. The predicted octanol–water partition coefficient (Wildman–Crippen LogP) is 4.84. The van der Waals surface area contributed by atoms with E-state index in [4.69, 9.17) is 11.6 Å². The highest BCUT2D eigenvalue weighted by molar-refractivity contribution is 7.92. The molecule has 38 heavy (non-hydrogen) atoms. The van der Waals surface area contributed by atoms with Crippen molar-refractivity contribution in [2.45, 2.75) is 45.2 Å². The van der Waals surface area contributed by atoms with E-state index in [0.717, 1.165) is 9.87 Å². The Morgan fingerprint density at radius 3 is 2.21 bits per heavy atom. The van der Waals surface area contributed by atoms with Crippen LogP contribution in [0.4, 0.5) is 10.1 Å². The Morgan fingerprint density at radius 1 is 1.00 bits per heavy atom. The number of rotatable bonds is 10. The van der Waals surface area contributed by atoms with Crippen molar-refractivity contribution in [2.24, 2.45) is 0 Å². The molecule has 0 saturated heterocycles. The molecule has 0 heterocycles. The van der Waals surface area contributed by atoms with Gasteiger partial charge in [-0.1, -0.05) is 41.4 Å². The largest absolute Gasteiger partial charge is 0.355 e. The van der Waals surface area contributed by atoms with Crippen molar-refractivity contribution < 1.29 is 22.4 Å². The second-order valence-electron chi connectivity index (χ2n) is 8.97. The molecule has 0 spiro atoms. The molecule has 0 aromatic heterocycles. The van der Waals surface area contributed by atoms with E-state index < -0.39 is 40.2 Å². The Labute approximate surface area is 228 Å². The summed E-state index contributed by atoms with van der Waals surface area (Å²) in [6.45, 7) is 6.65. The van der Waals surface area contributed by atoms with Crippen LogP contribution in [0.25, 0.3) is 0 Å². The average Bonchev–Trinajstić information content (AvgIpc) is 2.87. The third-order valence-corrected chi connectivity index (χ3v) is 8.11. The molecular formula is C28H31ClFN3O4S. The Hall–Kier alpha value is -3.43. The SMILES string of the molecule is CCNC(=O)C(C)N(Cc1ccc(F)cc1)C(=O)CN(c1ccc(Cl)cc1C)S(=O)(=O)c1ccc(C)cc1. The van der Waals surface area contributed by atoms with Gasteiger partial charge < -0.3 is 10.2 Å². The van der Waals surface area contributed by atoms with Gasteiger partial charge in [-0.15, -0.1) is 0 Å². The van der Waals surface area contributed by atoms with Crippen molar-refractivity contribution in [3.8, 4) is 0 Å². The summed E-state index contributed by atoms with van der Waals surface area (Å²) >= 11 is 6.12. The number of nitrogens with zero attached hydrogens (tertiary/aromatic N) is 2. The predicted molar refractivity (Wildman–Crippen MR) is 147 cm³/mol.